The summed E-state index contributed by atoms with van der Waals surface area (Å²) >= 11 is 1.64. The minimum absolute atomic E-state index is 0.00583. The maximum absolute atomic E-state index is 12.1. The Labute approximate surface area is 149 Å². The molecule has 0 aliphatic rings. The van der Waals surface area contributed by atoms with Gasteiger partial charge in [0, 0.05) is 36.8 Å². The summed E-state index contributed by atoms with van der Waals surface area (Å²) in [6.07, 6.45) is 1.77. The van der Waals surface area contributed by atoms with Gasteiger partial charge in [-0.15, -0.1) is 0 Å². The van der Waals surface area contributed by atoms with E-state index in [4.69, 9.17) is 0 Å². The molecule has 1 amide bonds. The van der Waals surface area contributed by atoms with Crippen LogP contribution in [0.4, 0.5) is 0 Å². The molecular weight excluding hydrogens is 332 g/mol. The van der Waals surface area contributed by atoms with Crippen LogP contribution < -0.4 is 0 Å². The van der Waals surface area contributed by atoms with Crippen LogP contribution in [0.25, 0.3) is 33.4 Å². The van der Waals surface area contributed by atoms with Crippen LogP contribution in [0.5, 0.6) is 0 Å². The van der Waals surface area contributed by atoms with Crippen LogP contribution in [0.3, 0.4) is 0 Å². The monoisotopic (exact) mass is 348 g/mol. The predicted octanol–water partition coefficient (Wildman–Crippen LogP) is 4.06. The number of carbonyl (C=O) groups excluding carboxylic acids is 1. The van der Waals surface area contributed by atoms with Gasteiger partial charge < -0.3 is 4.90 Å². The van der Waals surface area contributed by atoms with Crippen LogP contribution in [-0.4, -0.2) is 40.1 Å². The van der Waals surface area contributed by atoms with Crippen molar-refractivity contribution >= 4 is 28.3 Å². The fourth-order valence-electron chi connectivity index (χ4n) is 2.85. The number of aromatic amines is 1. The van der Waals surface area contributed by atoms with Crippen molar-refractivity contribution in [3.63, 3.8) is 0 Å². The van der Waals surface area contributed by atoms with Crippen LogP contribution in [0, 0.1) is 0 Å². The molecule has 0 unspecified atom stereocenters. The smallest absolute Gasteiger partial charge is 0.253 e. The molecule has 3 aromatic heterocycles. The number of H-pyrrole nitrogens is 1. The molecule has 0 aliphatic heterocycles. The Kier molecular flexibility index (Phi) is 3.82. The topological polar surface area (TPSA) is 61.9 Å². The van der Waals surface area contributed by atoms with Gasteiger partial charge in [-0.1, -0.05) is 12.1 Å². The molecular formula is C19H16N4OS. The number of rotatable bonds is 3. The van der Waals surface area contributed by atoms with Gasteiger partial charge in [-0.25, -0.2) is 4.98 Å². The molecule has 0 fully saturated rings. The maximum Gasteiger partial charge on any atom is 0.253 e. The van der Waals surface area contributed by atoms with Crippen molar-refractivity contribution < 1.29 is 4.79 Å². The van der Waals surface area contributed by atoms with Crippen molar-refractivity contribution in [3.8, 4) is 22.4 Å². The fraction of sp³-hybridized carbons (Fsp3) is 0.105. The van der Waals surface area contributed by atoms with Gasteiger partial charge in [-0.2, -0.15) is 16.4 Å². The number of amides is 1. The Balaban J connectivity index is 1.84. The lowest BCUT2D eigenvalue weighted by atomic mass is 9.99. The van der Waals surface area contributed by atoms with E-state index in [1.807, 2.05) is 35.7 Å². The van der Waals surface area contributed by atoms with Crippen molar-refractivity contribution in [2.75, 3.05) is 14.1 Å². The van der Waals surface area contributed by atoms with E-state index in [1.165, 1.54) is 0 Å². The van der Waals surface area contributed by atoms with Crippen LogP contribution in [0.2, 0.25) is 0 Å². The number of hydrogen-bond donors (Lipinski definition) is 1. The Hall–Kier alpha value is -2.99. The lowest BCUT2D eigenvalue weighted by molar-refractivity contribution is 0.0827. The fourth-order valence-corrected chi connectivity index (χ4v) is 3.49. The summed E-state index contributed by atoms with van der Waals surface area (Å²) in [5.41, 5.74) is 5.47. The Morgan fingerprint density at radius 1 is 1.08 bits per heavy atom. The van der Waals surface area contributed by atoms with Crippen LogP contribution >= 0.6 is 11.3 Å². The van der Waals surface area contributed by atoms with Crippen molar-refractivity contribution in [2.24, 2.45) is 0 Å². The average molecular weight is 348 g/mol. The quantitative estimate of drug-likeness (QED) is 0.607. The number of nitrogens with zero attached hydrogens (tertiary/aromatic N) is 3. The zero-order valence-electron chi connectivity index (χ0n) is 13.9. The second-order valence-electron chi connectivity index (χ2n) is 5.94. The van der Waals surface area contributed by atoms with Crippen LogP contribution in [0.15, 0.2) is 53.4 Å². The molecule has 0 radical (unpaired) electrons. The molecule has 0 aliphatic carbocycles. The Bertz CT molecular complexity index is 1030. The number of fused-ring (bicyclic) bond motifs is 1. The number of benzene rings is 1. The van der Waals surface area contributed by atoms with Crippen LogP contribution in [-0.2, 0) is 0 Å². The van der Waals surface area contributed by atoms with E-state index < -0.39 is 0 Å². The summed E-state index contributed by atoms with van der Waals surface area (Å²) < 4.78 is 0. The lowest BCUT2D eigenvalue weighted by Gasteiger charge is -2.11. The largest absolute Gasteiger partial charge is 0.345 e. The van der Waals surface area contributed by atoms with E-state index in [2.05, 4.69) is 26.6 Å². The molecule has 6 heteroatoms. The first-order valence-corrected chi connectivity index (χ1v) is 8.77. The van der Waals surface area contributed by atoms with E-state index >= 15 is 0 Å². The number of pyridine rings is 1. The second-order valence-corrected chi connectivity index (χ2v) is 6.72. The molecule has 25 heavy (non-hydrogen) atoms. The highest BCUT2D eigenvalue weighted by atomic mass is 32.1. The summed E-state index contributed by atoms with van der Waals surface area (Å²) in [6, 6.07) is 11.7. The van der Waals surface area contributed by atoms with Crippen molar-refractivity contribution in [3.05, 3.63) is 58.9 Å². The molecule has 124 valence electrons. The lowest BCUT2D eigenvalue weighted by Crippen LogP contribution is -2.21. The van der Waals surface area contributed by atoms with Gasteiger partial charge in [0.1, 0.15) is 5.69 Å². The summed E-state index contributed by atoms with van der Waals surface area (Å²) in [6.45, 7) is 0. The molecule has 5 nitrogen and oxygen atoms in total. The molecule has 0 atom stereocenters. The second kappa shape index (κ2) is 6.14. The number of aromatic nitrogens is 3. The average Bonchev–Trinajstić information content (AvgIpc) is 3.30. The first-order valence-electron chi connectivity index (χ1n) is 7.83. The van der Waals surface area contributed by atoms with Gasteiger partial charge in [-0.05, 0) is 40.8 Å². The summed E-state index contributed by atoms with van der Waals surface area (Å²) in [7, 11) is 3.50. The summed E-state index contributed by atoms with van der Waals surface area (Å²) in [4.78, 5) is 18.0. The molecule has 4 aromatic rings. The van der Waals surface area contributed by atoms with E-state index in [0.717, 1.165) is 33.4 Å². The third kappa shape index (κ3) is 2.70. The first-order chi connectivity index (χ1) is 12.1. The van der Waals surface area contributed by atoms with E-state index in [-0.39, 0.29) is 5.91 Å². The highest BCUT2D eigenvalue weighted by Gasteiger charge is 2.15. The van der Waals surface area contributed by atoms with Gasteiger partial charge in [0.25, 0.3) is 5.91 Å². The minimum Gasteiger partial charge on any atom is -0.345 e. The zero-order chi connectivity index (χ0) is 17.4. The molecule has 0 bridgehead atoms. The standard InChI is InChI=1S/C19H16N4OS/c1-23(2)19(24)13-5-3-12(4-6-13)15-7-9-20-18-16(15)17(21-22-18)14-8-10-25-11-14/h3-11H,1-2H3,(H,20,21,22). The van der Waals surface area contributed by atoms with Gasteiger partial charge in [-0.3, -0.25) is 9.89 Å². The molecule has 4 rings (SSSR count). The summed E-state index contributed by atoms with van der Waals surface area (Å²) in [5, 5.41) is 12.6. The molecule has 0 saturated heterocycles. The van der Waals surface area contributed by atoms with Gasteiger partial charge in [0.2, 0.25) is 0 Å². The highest BCUT2D eigenvalue weighted by Crippen LogP contribution is 2.34. The molecule has 3 heterocycles. The number of thiophene rings is 1. The van der Waals surface area contributed by atoms with Gasteiger partial charge in [0.15, 0.2) is 5.65 Å². The van der Waals surface area contributed by atoms with E-state index in [1.54, 1.807) is 36.5 Å². The van der Waals surface area contributed by atoms with Gasteiger partial charge in [0.05, 0.1) is 5.39 Å². The third-order valence-electron chi connectivity index (χ3n) is 4.11. The zero-order valence-corrected chi connectivity index (χ0v) is 14.7. The summed E-state index contributed by atoms with van der Waals surface area (Å²) in [5.74, 6) is -0.00583. The normalized spacial score (nSPS) is 11.0. The third-order valence-corrected chi connectivity index (χ3v) is 4.79. The van der Waals surface area contributed by atoms with E-state index in [0.29, 0.717) is 5.56 Å². The molecule has 1 aromatic carbocycles. The van der Waals surface area contributed by atoms with Gasteiger partial charge >= 0.3 is 0 Å². The maximum atomic E-state index is 12.1. The molecule has 1 N–H and O–H groups in total. The minimum atomic E-state index is -0.00583. The Morgan fingerprint density at radius 2 is 1.88 bits per heavy atom. The highest BCUT2D eigenvalue weighted by molar-refractivity contribution is 7.08. The van der Waals surface area contributed by atoms with Crippen LogP contribution in [0.1, 0.15) is 10.4 Å². The van der Waals surface area contributed by atoms with Crippen molar-refractivity contribution in [1.29, 1.82) is 0 Å². The first kappa shape index (κ1) is 15.5. The van der Waals surface area contributed by atoms with Crippen molar-refractivity contribution in [2.45, 2.75) is 0 Å². The number of carbonyl (C=O) groups is 1. The number of hydrogen-bond acceptors (Lipinski definition) is 4. The Morgan fingerprint density at radius 3 is 2.56 bits per heavy atom. The SMILES string of the molecule is CN(C)C(=O)c1ccc(-c2ccnc3[nH]nc(-c4ccsc4)c23)cc1. The molecule has 0 saturated carbocycles. The van der Waals surface area contributed by atoms with Crippen molar-refractivity contribution in [1.82, 2.24) is 20.1 Å². The molecule has 0 spiro atoms. The van der Waals surface area contributed by atoms with E-state index in [9.17, 15) is 4.79 Å². The predicted molar refractivity (Wildman–Crippen MR) is 101 cm³/mol. The number of nitrogens with one attached hydrogen (secondary N) is 1.